The maximum atomic E-state index is 12.2. The van der Waals surface area contributed by atoms with Crippen LogP contribution in [-0.2, 0) is 4.79 Å². The van der Waals surface area contributed by atoms with E-state index >= 15 is 0 Å². The fourth-order valence-corrected chi connectivity index (χ4v) is 1.85. The molecule has 0 atom stereocenters. The van der Waals surface area contributed by atoms with Crippen LogP contribution < -0.4 is 16.4 Å². The Morgan fingerprint density at radius 1 is 1.18 bits per heavy atom. The second-order valence-corrected chi connectivity index (χ2v) is 5.23. The van der Waals surface area contributed by atoms with Gasteiger partial charge in [-0.3, -0.25) is 9.59 Å². The molecule has 22 heavy (non-hydrogen) atoms. The van der Waals surface area contributed by atoms with Gasteiger partial charge in [0.25, 0.3) is 5.91 Å². The predicted molar refractivity (Wildman–Crippen MR) is 92.4 cm³/mol. The first-order valence-corrected chi connectivity index (χ1v) is 7.41. The van der Waals surface area contributed by atoms with Crippen LogP contribution in [0.1, 0.15) is 50.4 Å². The number of nitrogens with two attached hydrogens (primary N) is 1. The van der Waals surface area contributed by atoms with Crippen molar-refractivity contribution >= 4 is 29.9 Å². The highest BCUT2D eigenvalue weighted by Crippen LogP contribution is 2.13. The van der Waals surface area contributed by atoms with Crippen LogP contribution in [0.3, 0.4) is 0 Å². The first kappa shape index (κ1) is 20.4. The number of halogens is 1. The van der Waals surface area contributed by atoms with E-state index in [4.69, 9.17) is 5.73 Å². The number of anilines is 1. The Labute approximate surface area is 138 Å². The first-order chi connectivity index (χ1) is 9.94. The largest absolute Gasteiger partial charge is 0.350 e. The van der Waals surface area contributed by atoms with Gasteiger partial charge in [-0.15, -0.1) is 12.4 Å². The van der Waals surface area contributed by atoms with Gasteiger partial charge in [-0.2, -0.15) is 0 Å². The van der Waals surface area contributed by atoms with Crippen molar-refractivity contribution in [3.63, 3.8) is 0 Å². The van der Waals surface area contributed by atoms with Gasteiger partial charge >= 0.3 is 0 Å². The number of carbonyl (C=O) groups is 2. The topological polar surface area (TPSA) is 84.2 Å². The van der Waals surface area contributed by atoms with Crippen LogP contribution in [0.4, 0.5) is 5.69 Å². The molecule has 0 aliphatic heterocycles. The molecule has 1 aromatic rings. The molecule has 0 bridgehead atoms. The van der Waals surface area contributed by atoms with Crippen molar-refractivity contribution in [1.29, 1.82) is 0 Å². The zero-order valence-corrected chi connectivity index (χ0v) is 14.3. The van der Waals surface area contributed by atoms with E-state index in [0.29, 0.717) is 24.2 Å². The standard InChI is InChI=1S/C16H25N3O2.ClH/c1-4-14(20)19-13-9-7-8-12(10-13)15(21)18-11-16(17,5-2)6-3;/h7-10H,4-6,11,17H2,1-3H3,(H,18,21)(H,19,20);1H. The van der Waals surface area contributed by atoms with E-state index in [1.165, 1.54) is 0 Å². The Bertz CT molecular complexity index is 502. The number of nitrogens with one attached hydrogen (secondary N) is 2. The normalized spacial score (nSPS) is 10.5. The van der Waals surface area contributed by atoms with E-state index in [1.807, 2.05) is 13.8 Å². The van der Waals surface area contributed by atoms with Crippen molar-refractivity contribution < 1.29 is 9.59 Å². The van der Waals surface area contributed by atoms with E-state index in [0.717, 1.165) is 12.8 Å². The smallest absolute Gasteiger partial charge is 0.251 e. The molecule has 0 spiro atoms. The van der Waals surface area contributed by atoms with Crippen molar-refractivity contribution in [1.82, 2.24) is 5.32 Å². The molecule has 0 radical (unpaired) electrons. The van der Waals surface area contributed by atoms with Crippen LogP contribution in [0.25, 0.3) is 0 Å². The number of hydrogen-bond donors (Lipinski definition) is 3. The van der Waals surface area contributed by atoms with Gasteiger partial charge in [-0.25, -0.2) is 0 Å². The molecular weight excluding hydrogens is 302 g/mol. The summed E-state index contributed by atoms with van der Waals surface area (Å²) in [6.07, 6.45) is 2.01. The fourth-order valence-electron chi connectivity index (χ4n) is 1.85. The van der Waals surface area contributed by atoms with Crippen LogP contribution >= 0.6 is 12.4 Å². The lowest BCUT2D eigenvalue weighted by Crippen LogP contribution is -2.49. The fraction of sp³-hybridized carbons (Fsp3) is 0.500. The number of carbonyl (C=O) groups excluding carboxylic acids is 2. The quantitative estimate of drug-likeness (QED) is 0.720. The molecule has 0 aliphatic carbocycles. The second kappa shape index (κ2) is 9.43. The average Bonchev–Trinajstić information content (AvgIpc) is 2.52. The summed E-state index contributed by atoms with van der Waals surface area (Å²) in [7, 11) is 0. The lowest BCUT2D eigenvalue weighted by Gasteiger charge is -2.26. The molecule has 0 fully saturated rings. The Hall–Kier alpha value is -1.59. The third-order valence-corrected chi connectivity index (χ3v) is 3.74. The number of benzene rings is 1. The molecule has 0 heterocycles. The maximum absolute atomic E-state index is 12.2. The third-order valence-electron chi connectivity index (χ3n) is 3.74. The molecule has 6 heteroatoms. The van der Waals surface area contributed by atoms with Crippen molar-refractivity contribution in [3.8, 4) is 0 Å². The zero-order chi connectivity index (χ0) is 15.9. The molecule has 4 N–H and O–H groups in total. The predicted octanol–water partition coefficient (Wildman–Crippen LogP) is 2.70. The van der Waals surface area contributed by atoms with Gasteiger partial charge in [0.05, 0.1) is 0 Å². The van der Waals surface area contributed by atoms with E-state index < -0.39 is 0 Å². The summed E-state index contributed by atoms with van der Waals surface area (Å²) >= 11 is 0. The van der Waals surface area contributed by atoms with Crippen LogP contribution in [0.15, 0.2) is 24.3 Å². The van der Waals surface area contributed by atoms with Gasteiger partial charge in [-0.1, -0.05) is 26.8 Å². The van der Waals surface area contributed by atoms with Crippen molar-refractivity contribution in [2.24, 2.45) is 5.73 Å². The van der Waals surface area contributed by atoms with Crippen molar-refractivity contribution in [3.05, 3.63) is 29.8 Å². The van der Waals surface area contributed by atoms with E-state index in [1.54, 1.807) is 31.2 Å². The van der Waals surface area contributed by atoms with Gasteiger partial charge in [0, 0.05) is 29.8 Å². The monoisotopic (exact) mass is 327 g/mol. The molecule has 0 unspecified atom stereocenters. The molecule has 0 saturated carbocycles. The number of rotatable bonds is 7. The summed E-state index contributed by atoms with van der Waals surface area (Å²) in [5, 5.41) is 5.60. The molecule has 0 aromatic heterocycles. The summed E-state index contributed by atoms with van der Waals surface area (Å²) in [4.78, 5) is 23.5. The van der Waals surface area contributed by atoms with Crippen LogP contribution in [0, 0.1) is 0 Å². The summed E-state index contributed by atoms with van der Waals surface area (Å²) in [6.45, 7) is 6.24. The molecular formula is C16H26ClN3O2. The minimum absolute atomic E-state index is 0. The Morgan fingerprint density at radius 3 is 2.36 bits per heavy atom. The summed E-state index contributed by atoms with van der Waals surface area (Å²) in [5.41, 5.74) is 6.93. The second-order valence-electron chi connectivity index (χ2n) is 5.23. The first-order valence-electron chi connectivity index (χ1n) is 7.41. The third kappa shape index (κ3) is 6.03. The van der Waals surface area contributed by atoms with Gasteiger partial charge in [-0.05, 0) is 31.0 Å². The lowest BCUT2D eigenvalue weighted by molar-refractivity contribution is -0.115. The summed E-state index contributed by atoms with van der Waals surface area (Å²) < 4.78 is 0. The minimum Gasteiger partial charge on any atom is -0.350 e. The summed E-state index contributed by atoms with van der Waals surface area (Å²) in [6, 6.07) is 6.89. The SMILES string of the molecule is CCC(=O)Nc1cccc(C(=O)NCC(N)(CC)CC)c1.Cl. The van der Waals surface area contributed by atoms with Crippen LogP contribution in [0.2, 0.25) is 0 Å². The van der Waals surface area contributed by atoms with Gasteiger partial charge in [0.1, 0.15) is 0 Å². The highest BCUT2D eigenvalue weighted by molar-refractivity contribution is 5.97. The van der Waals surface area contributed by atoms with Crippen molar-refractivity contribution in [2.45, 2.75) is 45.6 Å². The van der Waals surface area contributed by atoms with Gasteiger partial charge in [0.15, 0.2) is 0 Å². The molecule has 1 aromatic carbocycles. The van der Waals surface area contributed by atoms with Crippen LogP contribution in [0.5, 0.6) is 0 Å². The van der Waals surface area contributed by atoms with E-state index in [-0.39, 0.29) is 29.8 Å². The average molecular weight is 328 g/mol. The van der Waals surface area contributed by atoms with Crippen LogP contribution in [-0.4, -0.2) is 23.9 Å². The van der Waals surface area contributed by atoms with Gasteiger partial charge < -0.3 is 16.4 Å². The number of hydrogen-bond acceptors (Lipinski definition) is 3. The minimum atomic E-state index is -0.371. The Kier molecular flexibility index (Phi) is 8.75. The Morgan fingerprint density at radius 2 is 1.82 bits per heavy atom. The van der Waals surface area contributed by atoms with E-state index in [2.05, 4.69) is 10.6 Å². The highest BCUT2D eigenvalue weighted by Gasteiger charge is 2.21. The highest BCUT2D eigenvalue weighted by atomic mass is 35.5. The molecule has 124 valence electrons. The lowest BCUT2D eigenvalue weighted by atomic mass is 9.94. The van der Waals surface area contributed by atoms with Crippen molar-refractivity contribution in [2.75, 3.05) is 11.9 Å². The molecule has 0 saturated heterocycles. The Balaban J connectivity index is 0.00000441. The summed E-state index contributed by atoms with van der Waals surface area (Å²) in [5.74, 6) is -0.259. The zero-order valence-electron chi connectivity index (χ0n) is 13.4. The van der Waals surface area contributed by atoms with Gasteiger partial charge in [0.2, 0.25) is 5.91 Å². The van der Waals surface area contributed by atoms with E-state index in [9.17, 15) is 9.59 Å². The molecule has 1 rings (SSSR count). The maximum Gasteiger partial charge on any atom is 0.251 e. The molecule has 0 aliphatic rings. The molecule has 2 amide bonds. The molecule has 5 nitrogen and oxygen atoms in total. The number of amides is 2.